The zero-order valence-electron chi connectivity index (χ0n) is 18.5. The Kier molecular flexibility index (Phi) is 11.0. The first-order chi connectivity index (χ1) is 15.6. The van der Waals surface area contributed by atoms with Gasteiger partial charge in [-0.2, -0.15) is 0 Å². The van der Waals surface area contributed by atoms with Gasteiger partial charge in [-0.05, 0) is 5.92 Å². The van der Waals surface area contributed by atoms with Crippen molar-refractivity contribution < 1.29 is 54.8 Å². The van der Waals surface area contributed by atoms with E-state index in [2.05, 4.69) is 5.32 Å². The zero-order chi connectivity index (χ0) is 24.9. The van der Waals surface area contributed by atoms with Gasteiger partial charge in [0.15, 0.2) is 12.5 Å². The van der Waals surface area contributed by atoms with Crippen molar-refractivity contribution in [3.63, 3.8) is 0 Å². The number of aliphatic hydroxyl groups excluding tert-OH is 7. The van der Waals surface area contributed by atoms with Gasteiger partial charge < -0.3 is 55.3 Å². The molecule has 13 nitrogen and oxygen atoms in total. The molecule has 10 atom stereocenters. The van der Waals surface area contributed by atoms with Gasteiger partial charge in [0.05, 0.1) is 13.2 Å². The van der Waals surface area contributed by atoms with E-state index >= 15 is 0 Å². The molecule has 8 N–H and O–H groups in total. The molecule has 14 heteroatoms. The summed E-state index contributed by atoms with van der Waals surface area (Å²) in [5, 5.41) is 73.3. The van der Waals surface area contributed by atoms with E-state index in [1.807, 2.05) is 13.8 Å². The Bertz CT molecular complexity index is 614. The lowest BCUT2D eigenvalue weighted by molar-refractivity contribution is -0.347. The van der Waals surface area contributed by atoms with Crippen LogP contribution in [-0.2, 0) is 14.2 Å². The second-order valence-corrected chi connectivity index (χ2v) is 8.87. The lowest BCUT2D eigenvalue weighted by Crippen LogP contribution is -2.67. The monoisotopic (exact) mass is 502 g/mol. The van der Waals surface area contributed by atoms with Crippen molar-refractivity contribution in [2.24, 2.45) is 5.92 Å². The van der Waals surface area contributed by atoms with E-state index in [-0.39, 0.29) is 24.9 Å². The van der Waals surface area contributed by atoms with Gasteiger partial charge in [-0.3, -0.25) is 4.90 Å². The van der Waals surface area contributed by atoms with E-state index in [9.17, 15) is 40.5 Å². The summed E-state index contributed by atoms with van der Waals surface area (Å²) in [6, 6.07) is -0.592. The first kappa shape index (κ1) is 28.4. The predicted octanol–water partition coefficient (Wildman–Crippen LogP) is -3.48. The highest BCUT2D eigenvalue weighted by atomic mass is 35.5. The number of rotatable bonds is 9. The Morgan fingerprint density at radius 2 is 1.61 bits per heavy atom. The number of alkyl halides is 1. The summed E-state index contributed by atoms with van der Waals surface area (Å²) in [4.78, 5) is 13.8. The minimum Gasteiger partial charge on any atom is -0.394 e. The SMILES string of the molecule is CC(C)CN(C(=O)NCCCl)C1O[C@H](CO)[C@@H](O[C@H]2O[C@H](CO)[C@@H](O)[C@H](O)[C@H]2O)[C@H](O)[C@H]1O. The quantitative estimate of drug-likeness (QED) is 0.145. The van der Waals surface area contributed by atoms with E-state index in [4.69, 9.17) is 25.8 Å². The molecule has 0 spiro atoms. The predicted molar refractivity (Wildman–Crippen MR) is 112 cm³/mol. The summed E-state index contributed by atoms with van der Waals surface area (Å²) in [5.74, 6) is 0.127. The third kappa shape index (κ3) is 6.64. The third-order valence-corrected chi connectivity index (χ3v) is 5.67. The topological polar surface area (TPSA) is 202 Å². The van der Waals surface area contributed by atoms with E-state index in [0.29, 0.717) is 0 Å². The van der Waals surface area contributed by atoms with Crippen LogP contribution in [0.2, 0.25) is 0 Å². The number of carbonyl (C=O) groups excluding carboxylic acids is 1. The lowest BCUT2D eigenvalue weighted by atomic mass is 9.96. The van der Waals surface area contributed by atoms with Crippen LogP contribution in [0.15, 0.2) is 0 Å². The molecule has 2 amide bonds. The number of carbonyl (C=O) groups is 1. The number of amides is 2. The summed E-state index contributed by atoms with van der Waals surface area (Å²) in [5.41, 5.74) is 0. The van der Waals surface area contributed by atoms with Crippen molar-refractivity contribution in [2.75, 3.05) is 32.2 Å². The average molecular weight is 503 g/mol. The maximum atomic E-state index is 12.6. The first-order valence-corrected chi connectivity index (χ1v) is 11.3. The standard InChI is InChI=1S/C19H35ClN2O11/c1-8(2)5-22(19(30)21-4-3-20)17-14(28)13(27)16(10(7-24)31-17)33-18-15(29)12(26)11(25)9(6-23)32-18/h8-18,23-29H,3-7H2,1-2H3,(H,21,30)/t9-,10-,11-,12+,13-,14-,15-,16-,17?,18-/m1/s1. The number of hydrogen-bond donors (Lipinski definition) is 8. The molecule has 0 aromatic rings. The summed E-state index contributed by atoms with van der Waals surface area (Å²) in [6.45, 7) is 2.60. The van der Waals surface area contributed by atoms with Crippen molar-refractivity contribution in [1.82, 2.24) is 10.2 Å². The van der Waals surface area contributed by atoms with Crippen LogP contribution in [0.1, 0.15) is 13.8 Å². The molecule has 0 aromatic heterocycles. The van der Waals surface area contributed by atoms with E-state index in [1.165, 1.54) is 4.90 Å². The number of urea groups is 1. The summed E-state index contributed by atoms with van der Waals surface area (Å²) in [7, 11) is 0. The zero-order valence-corrected chi connectivity index (χ0v) is 19.2. The van der Waals surface area contributed by atoms with Crippen molar-refractivity contribution in [2.45, 2.75) is 75.2 Å². The van der Waals surface area contributed by atoms with Gasteiger partial charge in [0.25, 0.3) is 0 Å². The first-order valence-electron chi connectivity index (χ1n) is 10.8. The fraction of sp³-hybridized carbons (Fsp3) is 0.947. The van der Waals surface area contributed by atoms with Crippen molar-refractivity contribution in [1.29, 1.82) is 0 Å². The van der Waals surface area contributed by atoms with Gasteiger partial charge in [-0.15, -0.1) is 11.6 Å². The molecule has 33 heavy (non-hydrogen) atoms. The van der Waals surface area contributed by atoms with Gasteiger partial charge in [0.2, 0.25) is 0 Å². The number of ether oxygens (including phenoxy) is 3. The van der Waals surface area contributed by atoms with Crippen LogP contribution in [0.3, 0.4) is 0 Å². The van der Waals surface area contributed by atoms with Gasteiger partial charge in [-0.1, -0.05) is 13.8 Å². The van der Waals surface area contributed by atoms with Gasteiger partial charge in [0, 0.05) is 19.0 Å². The summed E-state index contributed by atoms with van der Waals surface area (Å²) < 4.78 is 16.5. The largest absolute Gasteiger partial charge is 0.394 e. The highest BCUT2D eigenvalue weighted by Crippen LogP contribution is 2.30. The molecular weight excluding hydrogens is 468 g/mol. The van der Waals surface area contributed by atoms with Crippen molar-refractivity contribution >= 4 is 17.6 Å². The Morgan fingerprint density at radius 1 is 0.970 bits per heavy atom. The molecule has 2 fully saturated rings. The maximum Gasteiger partial charge on any atom is 0.319 e. The lowest BCUT2D eigenvalue weighted by Gasteiger charge is -2.48. The normalized spacial score (nSPS) is 39.5. The third-order valence-electron chi connectivity index (χ3n) is 5.48. The Balaban J connectivity index is 2.20. The molecule has 0 bridgehead atoms. The van der Waals surface area contributed by atoms with E-state index < -0.39 is 80.6 Å². The molecule has 2 aliphatic heterocycles. The summed E-state index contributed by atoms with van der Waals surface area (Å²) >= 11 is 5.62. The molecule has 0 aliphatic carbocycles. The van der Waals surface area contributed by atoms with Crippen LogP contribution in [-0.4, -0.2) is 140 Å². The van der Waals surface area contributed by atoms with Crippen LogP contribution in [0.25, 0.3) is 0 Å². The maximum absolute atomic E-state index is 12.6. The van der Waals surface area contributed by atoms with Crippen LogP contribution < -0.4 is 5.32 Å². The minimum absolute atomic E-state index is 0.0321. The highest BCUT2D eigenvalue weighted by molar-refractivity contribution is 6.18. The van der Waals surface area contributed by atoms with Crippen LogP contribution in [0, 0.1) is 5.92 Å². The molecule has 2 rings (SSSR count). The smallest absolute Gasteiger partial charge is 0.319 e. The Labute approximate surface area is 196 Å². The van der Waals surface area contributed by atoms with Gasteiger partial charge in [-0.25, -0.2) is 4.79 Å². The van der Waals surface area contributed by atoms with E-state index in [0.717, 1.165) is 0 Å². The van der Waals surface area contributed by atoms with Crippen molar-refractivity contribution in [3.8, 4) is 0 Å². The minimum atomic E-state index is -1.76. The molecule has 0 aromatic carbocycles. The number of nitrogens with one attached hydrogen (secondary N) is 1. The van der Waals surface area contributed by atoms with Gasteiger partial charge >= 0.3 is 6.03 Å². The molecule has 1 unspecified atom stereocenters. The highest BCUT2D eigenvalue weighted by Gasteiger charge is 2.52. The molecule has 2 heterocycles. The number of hydrogen-bond acceptors (Lipinski definition) is 11. The van der Waals surface area contributed by atoms with Crippen LogP contribution in [0.4, 0.5) is 4.79 Å². The molecular formula is C19H35ClN2O11. The molecule has 2 aliphatic rings. The number of aliphatic hydroxyl groups is 7. The number of nitrogens with zero attached hydrogens (tertiary/aromatic N) is 1. The fourth-order valence-corrected chi connectivity index (χ4v) is 3.87. The Hall–Kier alpha value is -0.840. The van der Waals surface area contributed by atoms with Gasteiger partial charge in [0.1, 0.15) is 48.8 Å². The number of halogens is 1. The van der Waals surface area contributed by atoms with Crippen LogP contribution >= 0.6 is 11.6 Å². The molecule has 0 radical (unpaired) electrons. The van der Waals surface area contributed by atoms with Crippen molar-refractivity contribution in [3.05, 3.63) is 0 Å². The van der Waals surface area contributed by atoms with E-state index in [1.54, 1.807) is 0 Å². The molecule has 0 saturated carbocycles. The molecule has 194 valence electrons. The second kappa shape index (κ2) is 12.7. The average Bonchev–Trinajstić information content (AvgIpc) is 2.79. The second-order valence-electron chi connectivity index (χ2n) is 8.49. The summed E-state index contributed by atoms with van der Waals surface area (Å²) in [6.07, 6.45) is -15.4. The fourth-order valence-electron chi connectivity index (χ4n) is 3.78. The van der Waals surface area contributed by atoms with Crippen LogP contribution in [0.5, 0.6) is 0 Å². The molecule has 2 saturated heterocycles. The Morgan fingerprint density at radius 3 is 2.15 bits per heavy atom.